The zero-order valence-electron chi connectivity index (χ0n) is 14.4. The van der Waals surface area contributed by atoms with Crippen molar-refractivity contribution in [1.82, 2.24) is 5.32 Å². The lowest BCUT2D eigenvalue weighted by Gasteiger charge is -2.27. The molecule has 2 rings (SSSR count). The lowest BCUT2D eigenvalue weighted by Crippen LogP contribution is -2.41. The van der Waals surface area contributed by atoms with Crippen molar-refractivity contribution in [3.63, 3.8) is 0 Å². The van der Waals surface area contributed by atoms with Gasteiger partial charge in [-0.05, 0) is 49.2 Å². The molecule has 0 unspecified atom stereocenters. The largest absolute Gasteiger partial charge is 0.493 e. The molecule has 24 heavy (non-hydrogen) atoms. The number of carbonyl (C=O) groups excluding carboxylic acids is 1. The Bertz CT molecular complexity index is 711. The van der Waals surface area contributed by atoms with E-state index in [1.165, 1.54) is 0 Å². The predicted molar refractivity (Wildman–Crippen MR) is 98.6 cm³/mol. The first-order chi connectivity index (χ1) is 11.4. The first-order valence-corrected chi connectivity index (χ1v) is 8.43. The van der Waals surface area contributed by atoms with Gasteiger partial charge in [-0.3, -0.25) is 4.79 Å². The van der Waals surface area contributed by atoms with E-state index in [1.54, 1.807) is 14.2 Å². The maximum absolute atomic E-state index is 12.4. The van der Waals surface area contributed by atoms with Crippen LogP contribution in [0.25, 0.3) is 0 Å². The van der Waals surface area contributed by atoms with Gasteiger partial charge in [0.05, 0.1) is 26.2 Å². The lowest BCUT2D eigenvalue weighted by atomic mass is 9.93. The number of amides is 1. The number of halogens is 1. The van der Waals surface area contributed by atoms with E-state index in [0.29, 0.717) is 17.9 Å². The van der Waals surface area contributed by atoms with E-state index < -0.39 is 5.54 Å². The Labute approximate surface area is 151 Å². The molecule has 128 valence electrons. The summed E-state index contributed by atoms with van der Waals surface area (Å²) in [6.45, 7) is 3.93. The zero-order valence-corrected chi connectivity index (χ0v) is 15.9. The number of benzene rings is 2. The third-order valence-corrected chi connectivity index (χ3v) is 4.36. The Kier molecular flexibility index (Phi) is 5.89. The quantitative estimate of drug-likeness (QED) is 0.807. The number of ether oxygens (including phenoxy) is 2. The molecule has 1 amide bonds. The Morgan fingerprint density at radius 3 is 2.25 bits per heavy atom. The minimum absolute atomic E-state index is 0.0305. The first-order valence-electron chi connectivity index (χ1n) is 7.63. The number of hydrogen-bond donors (Lipinski definition) is 1. The summed E-state index contributed by atoms with van der Waals surface area (Å²) in [5.41, 5.74) is 1.40. The molecule has 1 N–H and O–H groups in total. The molecule has 2 aromatic carbocycles. The number of methoxy groups -OCH3 is 2. The van der Waals surface area contributed by atoms with Gasteiger partial charge in [0.2, 0.25) is 5.91 Å². The van der Waals surface area contributed by atoms with Crippen LogP contribution in [0.15, 0.2) is 46.9 Å². The molecule has 0 heterocycles. The van der Waals surface area contributed by atoms with Crippen LogP contribution in [-0.2, 0) is 16.8 Å². The van der Waals surface area contributed by atoms with Crippen LogP contribution in [-0.4, -0.2) is 20.1 Å². The Hall–Kier alpha value is -2.01. The van der Waals surface area contributed by atoms with Gasteiger partial charge >= 0.3 is 0 Å². The fraction of sp³-hybridized carbons (Fsp3) is 0.316. The molecular weight excluding hydrogens is 370 g/mol. The van der Waals surface area contributed by atoms with E-state index in [1.807, 2.05) is 56.3 Å². The molecule has 4 nitrogen and oxygen atoms in total. The first kappa shape index (κ1) is 18.3. The fourth-order valence-electron chi connectivity index (χ4n) is 2.48. The molecule has 0 fully saturated rings. The summed E-state index contributed by atoms with van der Waals surface area (Å²) >= 11 is 3.39. The average Bonchev–Trinajstić information content (AvgIpc) is 2.55. The number of carbonyl (C=O) groups is 1. The van der Waals surface area contributed by atoms with Crippen molar-refractivity contribution in [3.8, 4) is 11.5 Å². The van der Waals surface area contributed by atoms with Gasteiger partial charge in [-0.25, -0.2) is 0 Å². The van der Waals surface area contributed by atoms with Gasteiger partial charge in [0.25, 0.3) is 0 Å². The van der Waals surface area contributed by atoms with Gasteiger partial charge in [0.15, 0.2) is 11.5 Å². The highest BCUT2D eigenvalue weighted by atomic mass is 79.9. The second-order valence-corrected chi connectivity index (χ2v) is 6.96. The average molecular weight is 392 g/mol. The monoisotopic (exact) mass is 391 g/mol. The van der Waals surface area contributed by atoms with Crippen molar-refractivity contribution in [3.05, 3.63) is 58.1 Å². The van der Waals surface area contributed by atoms with E-state index in [9.17, 15) is 4.79 Å². The summed E-state index contributed by atoms with van der Waals surface area (Å²) < 4.78 is 11.6. The summed E-state index contributed by atoms with van der Waals surface area (Å²) in [5, 5.41) is 3.08. The van der Waals surface area contributed by atoms with Crippen LogP contribution in [0.3, 0.4) is 0 Å². The molecule has 5 heteroatoms. The van der Waals surface area contributed by atoms with E-state index in [4.69, 9.17) is 9.47 Å². The number of hydrogen-bond acceptors (Lipinski definition) is 3. The predicted octanol–water partition coefficient (Wildman–Crippen LogP) is 4.06. The van der Waals surface area contributed by atoms with E-state index in [0.717, 1.165) is 15.6 Å². The molecule has 0 saturated heterocycles. The minimum Gasteiger partial charge on any atom is -0.493 e. The van der Waals surface area contributed by atoms with Crippen LogP contribution in [0.2, 0.25) is 0 Å². The van der Waals surface area contributed by atoms with Gasteiger partial charge in [-0.1, -0.05) is 34.1 Å². The van der Waals surface area contributed by atoms with Gasteiger partial charge in [0.1, 0.15) is 0 Å². The Balaban J connectivity index is 2.12. The highest BCUT2D eigenvalue weighted by Crippen LogP contribution is 2.32. The molecule has 2 aromatic rings. The van der Waals surface area contributed by atoms with Gasteiger partial charge in [-0.15, -0.1) is 0 Å². The fourth-order valence-corrected chi connectivity index (χ4v) is 2.74. The number of rotatable bonds is 6. The van der Waals surface area contributed by atoms with Crippen LogP contribution >= 0.6 is 15.9 Å². The minimum atomic E-state index is -0.522. The van der Waals surface area contributed by atoms with E-state index in [-0.39, 0.29) is 5.91 Å². The third kappa shape index (κ3) is 4.51. The summed E-state index contributed by atoms with van der Waals surface area (Å²) in [6, 6.07) is 13.4. The van der Waals surface area contributed by atoms with Crippen LogP contribution in [0.5, 0.6) is 11.5 Å². The molecule has 0 spiro atoms. The smallest absolute Gasteiger partial charge is 0.225 e. The molecule has 0 aliphatic heterocycles. The van der Waals surface area contributed by atoms with Crippen molar-refractivity contribution < 1.29 is 14.3 Å². The van der Waals surface area contributed by atoms with Crippen LogP contribution in [0.4, 0.5) is 0 Å². The summed E-state index contributed by atoms with van der Waals surface area (Å²) in [7, 11) is 3.20. The molecule has 0 saturated carbocycles. The molecule has 0 radical (unpaired) electrons. The highest BCUT2D eigenvalue weighted by molar-refractivity contribution is 9.10. The summed E-state index contributed by atoms with van der Waals surface area (Å²) in [6.07, 6.45) is 0.337. The van der Waals surface area contributed by atoms with Crippen molar-refractivity contribution in [2.45, 2.75) is 25.8 Å². The molecule has 0 bridgehead atoms. The highest BCUT2D eigenvalue weighted by Gasteiger charge is 2.24. The Morgan fingerprint density at radius 1 is 1.04 bits per heavy atom. The van der Waals surface area contributed by atoms with Crippen molar-refractivity contribution >= 4 is 21.8 Å². The SMILES string of the molecule is COc1ccc(C(C)(C)NC(=O)Cc2ccc(Br)cc2)cc1OC. The summed E-state index contributed by atoms with van der Waals surface area (Å²) in [4.78, 5) is 12.4. The normalized spacial score (nSPS) is 11.0. The second-order valence-electron chi connectivity index (χ2n) is 6.05. The zero-order chi connectivity index (χ0) is 17.7. The van der Waals surface area contributed by atoms with Crippen LogP contribution < -0.4 is 14.8 Å². The third-order valence-electron chi connectivity index (χ3n) is 3.84. The van der Waals surface area contributed by atoms with E-state index in [2.05, 4.69) is 21.2 Å². The standard InChI is InChI=1S/C19H22BrNO3/c1-19(2,14-7-10-16(23-3)17(12-14)24-4)21-18(22)11-13-5-8-15(20)9-6-13/h5-10,12H,11H2,1-4H3,(H,21,22). The molecule has 0 aliphatic rings. The van der Waals surface area contributed by atoms with Crippen molar-refractivity contribution in [2.75, 3.05) is 14.2 Å². The molecule has 0 atom stereocenters. The lowest BCUT2D eigenvalue weighted by molar-refractivity contribution is -0.122. The van der Waals surface area contributed by atoms with Crippen LogP contribution in [0, 0.1) is 0 Å². The molecule has 0 aromatic heterocycles. The summed E-state index contributed by atoms with van der Waals surface area (Å²) in [5.74, 6) is 1.28. The van der Waals surface area contributed by atoms with Gasteiger partial charge < -0.3 is 14.8 Å². The number of nitrogens with one attached hydrogen (secondary N) is 1. The van der Waals surface area contributed by atoms with Crippen molar-refractivity contribution in [2.24, 2.45) is 0 Å². The maximum Gasteiger partial charge on any atom is 0.225 e. The van der Waals surface area contributed by atoms with Gasteiger partial charge in [-0.2, -0.15) is 0 Å². The molecule has 0 aliphatic carbocycles. The topological polar surface area (TPSA) is 47.6 Å². The molecular formula is C19H22BrNO3. The van der Waals surface area contributed by atoms with Crippen molar-refractivity contribution in [1.29, 1.82) is 0 Å². The van der Waals surface area contributed by atoms with Crippen LogP contribution in [0.1, 0.15) is 25.0 Å². The Morgan fingerprint density at radius 2 is 1.67 bits per heavy atom. The van der Waals surface area contributed by atoms with Gasteiger partial charge in [0, 0.05) is 4.47 Å². The maximum atomic E-state index is 12.4. The van der Waals surface area contributed by atoms with E-state index >= 15 is 0 Å². The second kappa shape index (κ2) is 7.71.